The van der Waals surface area contributed by atoms with Crippen molar-refractivity contribution < 1.29 is 19.2 Å². The number of aryl methyl sites for hydroxylation is 2. The smallest absolute Gasteiger partial charge is 0.319 e. The molecule has 8 nitrogen and oxygen atoms in total. The molecule has 8 heteroatoms. The first-order valence-electron chi connectivity index (χ1n) is 11.2. The molecule has 4 rings (SSSR count). The molecule has 178 valence electrons. The molecule has 1 aliphatic rings. The quantitative estimate of drug-likeness (QED) is 0.478. The second-order valence-corrected chi connectivity index (χ2v) is 8.58. The molecule has 3 N–H and O–H groups in total. The van der Waals surface area contributed by atoms with Crippen molar-refractivity contribution in [3.63, 3.8) is 0 Å². The van der Waals surface area contributed by atoms with Crippen molar-refractivity contribution in [2.75, 3.05) is 11.9 Å². The molecular formula is C27H26N4O4. The Morgan fingerprint density at radius 3 is 2.23 bits per heavy atom. The summed E-state index contributed by atoms with van der Waals surface area (Å²) in [4.78, 5) is 52.2. The number of imide groups is 2. The molecule has 0 saturated carbocycles. The normalized spacial score (nSPS) is 17.1. The molecule has 1 atom stereocenters. The van der Waals surface area contributed by atoms with Gasteiger partial charge in [0.2, 0.25) is 5.91 Å². The van der Waals surface area contributed by atoms with Crippen LogP contribution in [0.3, 0.4) is 0 Å². The van der Waals surface area contributed by atoms with E-state index in [1.807, 2.05) is 62.4 Å². The standard InChI is InChI=1S/C27H26N4O4/c1-18-13-14-22(19(2)15-18)28-25(34)29-23(32)17-31-24(33)27(30-26(31)35,21-11-7-4-8-12-21)16-20-9-5-3-6-10-20/h3-15H,16-17H2,1-2H3,(H,30,35)(H2,28,29,32,34). The number of anilines is 1. The third kappa shape index (κ3) is 5.06. The third-order valence-electron chi connectivity index (χ3n) is 5.94. The van der Waals surface area contributed by atoms with Gasteiger partial charge in [-0.05, 0) is 36.6 Å². The molecule has 6 amide bonds. The van der Waals surface area contributed by atoms with Gasteiger partial charge in [0.15, 0.2) is 5.54 Å². The lowest BCUT2D eigenvalue weighted by Gasteiger charge is -2.27. The van der Waals surface area contributed by atoms with Crippen LogP contribution < -0.4 is 16.0 Å². The number of carbonyl (C=O) groups excluding carboxylic acids is 4. The number of hydrogen-bond acceptors (Lipinski definition) is 4. The Morgan fingerprint density at radius 2 is 1.57 bits per heavy atom. The van der Waals surface area contributed by atoms with Crippen LogP contribution in [0.4, 0.5) is 15.3 Å². The van der Waals surface area contributed by atoms with Crippen LogP contribution in [0.1, 0.15) is 22.3 Å². The van der Waals surface area contributed by atoms with Crippen molar-refractivity contribution in [1.82, 2.24) is 15.5 Å². The zero-order chi connectivity index (χ0) is 25.0. The van der Waals surface area contributed by atoms with Crippen LogP contribution in [0.5, 0.6) is 0 Å². The number of nitrogens with one attached hydrogen (secondary N) is 3. The molecule has 35 heavy (non-hydrogen) atoms. The number of amides is 6. The van der Waals surface area contributed by atoms with Gasteiger partial charge in [0, 0.05) is 12.1 Å². The molecule has 0 bridgehead atoms. The third-order valence-corrected chi connectivity index (χ3v) is 5.94. The van der Waals surface area contributed by atoms with E-state index in [0.29, 0.717) is 11.3 Å². The highest BCUT2D eigenvalue weighted by Crippen LogP contribution is 2.32. The van der Waals surface area contributed by atoms with Crippen LogP contribution in [0.2, 0.25) is 0 Å². The lowest BCUT2D eigenvalue weighted by molar-refractivity contribution is -0.135. The summed E-state index contributed by atoms with van der Waals surface area (Å²) in [6, 6.07) is 22.3. The maximum absolute atomic E-state index is 13.6. The summed E-state index contributed by atoms with van der Waals surface area (Å²) in [6.07, 6.45) is 0.216. The highest BCUT2D eigenvalue weighted by Gasteiger charge is 2.52. The van der Waals surface area contributed by atoms with E-state index in [1.54, 1.807) is 30.3 Å². The van der Waals surface area contributed by atoms with Crippen molar-refractivity contribution in [2.45, 2.75) is 25.8 Å². The average molecular weight is 471 g/mol. The lowest BCUT2D eigenvalue weighted by Crippen LogP contribution is -2.47. The maximum Gasteiger partial charge on any atom is 0.325 e. The van der Waals surface area contributed by atoms with Crippen LogP contribution in [-0.2, 0) is 21.5 Å². The predicted octanol–water partition coefficient (Wildman–Crippen LogP) is 3.64. The summed E-state index contributed by atoms with van der Waals surface area (Å²) in [6.45, 7) is 3.19. The molecule has 0 spiro atoms. The fourth-order valence-electron chi connectivity index (χ4n) is 4.23. The number of carbonyl (C=O) groups is 4. The monoisotopic (exact) mass is 470 g/mol. The predicted molar refractivity (Wildman–Crippen MR) is 132 cm³/mol. The van der Waals surface area contributed by atoms with Gasteiger partial charge in [-0.25, -0.2) is 9.59 Å². The fourth-order valence-corrected chi connectivity index (χ4v) is 4.23. The van der Waals surface area contributed by atoms with Crippen molar-refractivity contribution in [1.29, 1.82) is 0 Å². The second-order valence-electron chi connectivity index (χ2n) is 8.58. The van der Waals surface area contributed by atoms with Crippen molar-refractivity contribution in [3.05, 3.63) is 101 Å². The minimum atomic E-state index is -1.36. The number of hydrogen-bond donors (Lipinski definition) is 3. The summed E-state index contributed by atoms with van der Waals surface area (Å²) in [5.74, 6) is -1.33. The number of benzene rings is 3. The summed E-state index contributed by atoms with van der Waals surface area (Å²) in [5, 5.41) is 7.61. The molecule has 1 unspecified atom stereocenters. The Kier molecular flexibility index (Phi) is 6.64. The van der Waals surface area contributed by atoms with E-state index in [2.05, 4.69) is 16.0 Å². The number of nitrogens with zero attached hydrogens (tertiary/aromatic N) is 1. The van der Waals surface area contributed by atoms with Crippen molar-refractivity contribution in [2.24, 2.45) is 0 Å². The largest absolute Gasteiger partial charge is 0.325 e. The average Bonchev–Trinajstić information content (AvgIpc) is 3.07. The second kappa shape index (κ2) is 9.80. The molecule has 1 aliphatic heterocycles. The van der Waals surface area contributed by atoms with Gasteiger partial charge in [0.1, 0.15) is 6.54 Å². The summed E-state index contributed by atoms with van der Waals surface area (Å²) < 4.78 is 0. The van der Waals surface area contributed by atoms with E-state index >= 15 is 0 Å². The van der Waals surface area contributed by atoms with E-state index in [4.69, 9.17) is 0 Å². The zero-order valence-electron chi connectivity index (χ0n) is 19.5. The first-order valence-corrected chi connectivity index (χ1v) is 11.2. The van der Waals surface area contributed by atoms with E-state index in [1.165, 1.54) is 0 Å². The summed E-state index contributed by atoms with van der Waals surface area (Å²) in [7, 11) is 0. The first kappa shape index (κ1) is 23.7. The molecule has 0 aliphatic carbocycles. The highest BCUT2D eigenvalue weighted by molar-refractivity contribution is 6.11. The van der Waals surface area contributed by atoms with E-state index < -0.39 is 36.0 Å². The Labute approximate surface area is 203 Å². The Morgan fingerprint density at radius 1 is 0.914 bits per heavy atom. The molecule has 1 saturated heterocycles. The van der Waals surface area contributed by atoms with E-state index in [0.717, 1.165) is 21.6 Å². The molecule has 0 radical (unpaired) electrons. The van der Waals surface area contributed by atoms with Crippen molar-refractivity contribution in [3.8, 4) is 0 Å². The minimum absolute atomic E-state index is 0.216. The molecule has 0 aromatic heterocycles. The molecular weight excluding hydrogens is 444 g/mol. The Bertz CT molecular complexity index is 1280. The lowest BCUT2D eigenvalue weighted by atomic mass is 9.83. The molecule has 1 heterocycles. The van der Waals surface area contributed by atoms with Gasteiger partial charge < -0.3 is 10.6 Å². The van der Waals surface area contributed by atoms with Gasteiger partial charge in [0.25, 0.3) is 5.91 Å². The molecule has 3 aromatic carbocycles. The van der Waals surface area contributed by atoms with Gasteiger partial charge in [0.05, 0.1) is 0 Å². The number of urea groups is 2. The van der Waals surface area contributed by atoms with Gasteiger partial charge in [-0.15, -0.1) is 0 Å². The van der Waals surface area contributed by atoms with Crippen molar-refractivity contribution >= 4 is 29.6 Å². The van der Waals surface area contributed by atoms with Crippen LogP contribution >= 0.6 is 0 Å². The zero-order valence-corrected chi connectivity index (χ0v) is 19.5. The van der Waals surface area contributed by atoms with Crippen LogP contribution in [0.15, 0.2) is 78.9 Å². The maximum atomic E-state index is 13.6. The Hall–Kier alpha value is -4.46. The summed E-state index contributed by atoms with van der Waals surface area (Å²) in [5.41, 5.74) is 2.54. The topological polar surface area (TPSA) is 108 Å². The Balaban J connectivity index is 1.50. The molecule has 1 fully saturated rings. The van der Waals surface area contributed by atoms with Gasteiger partial charge >= 0.3 is 12.1 Å². The van der Waals surface area contributed by atoms with Crippen LogP contribution in [-0.4, -0.2) is 35.3 Å². The highest BCUT2D eigenvalue weighted by atomic mass is 16.2. The molecule has 3 aromatic rings. The van der Waals surface area contributed by atoms with Gasteiger partial charge in [-0.1, -0.05) is 78.4 Å². The van der Waals surface area contributed by atoms with Crippen LogP contribution in [0, 0.1) is 13.8 Å². The van der Waals surface area contributed by atoms with Gasteiger partial charge in [-0.2, -0.15) is 0 Å². The SMILES string of the molecule is Cc1ccc(NC(=O)NC(=O)CN2C(=O)NC(Cc3ccccc3)(c3ccccc3)C2=O)c(C)c1. The number of rotatable bonds is 6. The fraction of sp³-hybridized carbons (Fsp3) is 0.185. The first-order chi connectivity index (χ1) is 16.8. The minimum Gasteiger partial charge on any atom is -0.319 e. The van der Waals surface area contributed by atoms with E-state index in [9.17, 15) is 19.2 Å². The summed E-state index contributed by atoms with van der Waals surface area (Å²) >= 11 is 0. The van der Waals surface area contributed by atoms with Gasteiger partial charge in [-0.3, -0.25) is 19.8 Å². The van der Waals surface area contributed by atoms with E-state index in [-0.39, 0.29) is 6.42 Å². The van der Waals surface area contributed by atoms with Crippen LogP contribution in [0.25, 0.3) is 0 Å².